The molecule has 4 rings (SSSR count). The number of methoxy groups -OCH3 is 1. The number of benzene rings is 3. The zero-order valence-corrected chi connectivity index (χ0v) is 16.0. The quantitative estimate of drug-likeness (QED) is 0.655. The minimum Gasteiger partial charge on any atom is -0.496 e. The van der Waals surface area contributed by atoms with Crippen LogP contribution in [0.15, 0.2) is 72.8 Å². The molecule has 146 valence electrons. The Balaban J connectivity index is 1.75. The molecule has 0 aliphatic carbocycles. The summed E-state index contributed by atoms with van der Waals surface area (Å²) in [5.74, 6) is -0.00122. The van der Waals surface area contributed by atoms with Crippen molar-refractivity contribution in [2.45, 2.75) is 12.6 Å². The average molecular weight is 387 g/mol. The van der Waals surface area contributed by atoms with Gasteiger partial charge in [0.2, 0.25) is 0 Å². The lowest BCUT2D eigenvalue weighted by Crippen LogP contribution is -2.38. The van der Waals surface area contributed by atoms with E-state index >= 15 is 0 Å². The molecule has 1 aliphatic heterocycles. The van der Waals surface area contributed by atoms with Crippen LogP contribution in [0.5, 0.6) is 5.75 Å². The molecule has 0 fully saturated rings. The lowest BCUT2D eigenvalue weighted by molar-refractivity contribution is -0.120. The van der Waals surface area contributed by atoms with E-state index in [1.54, 1.807) is 54.5 Å². The van der Waals surface area contributed by atoms with E-state index in [4.69, 9.17) is 10.5 Å². The van der Waals surface area contributed by atoms with E-state index in [-0.39, 0.29) is 11.8 Å². The SMILES string of the molecule is COc1ccccc1C(C(=O)Nc1ccccc1N)N1Cc2ccccc2C1=O. The lowest BCUT2D eigenvalue weighted by Gasteiger charge is -2.28. The van der Waals surface area contributed by atoms with Crippen LogP contribution in [0, 0.1) is 0 Å². The highest BCUT2D eigenvalue weighted by Gasteiger charge is 2.38. The monoisotopic (exact) mass is 387 g/mol. The molecule has 6 heteroatoms. The average Bonchev–Trinajstić information content (AvgIpc) is 3.07. The van der Waals surface area contributed by atoms with Crippen molar-refractivity contribution in [3.05, 3.63) is 89.5 Å². The van der Waals surface area contributed by atoms with Gasteiger partial charge >= 0.3 is 0 Å². The molecule has 6 nitrogen and oxygen atoms in total. The van der Waals surface area contributed by atoms with Gasteiger partial charge in [0.1, 0.15) is 11.8 Å². The van der Waals surface area contributed by atoms with Gasteiger partial charge in [0.25, 0.3) is 11.8 Å². The molecule has 3 N–H and O–H groups in total. The van der Waals surface area contributed by atoms with Crippen LogP contribution >= 0.6 is 0 Å². The first-order valence-electron chi connectivity index (χ1n) is 9.27. The molecule has 1 atom stereocenters. The van der Waals surface area contributed by atoms with E-state index in [0.717, 1.165) is 5.56 Å². The Morgan fingerprint density at radius 2 is 1.72 bits per heavy atom. The van der Waals surface area contributed by atoms with Crippen LogP contribution in [0.25, 0.3) is 0 Å². The first kappa shape index (κ1) is 18.6. The third-order valence-electron chi connectivity index (χ3n) is 5.06. The number of nitrogens with one attached hydrogen (secondary N) is 1. The summed E-state index contributed by atoms with van der Waals surface area (Å²) in [7, 11) is 1.55. The summed E-state index contributed by atoms with van der Waals surface area (Å²) < 4.78 is 5.48. The maximum atomic E-state index is 13.4. The second-order valence-corrected chi connectivity index (χ2v) is 6.81. The number of nitrogens with zero attached hydrogens (tertiary/aromatic N) is 1. The minimum absolute atomic E-state index is 0.187. The Bertz CT molecular complexity index is 1080. The highest BCUT2D eigenvalue weighted by Crippen LogP contribution is 2.36. The summed E-state index contributed by atoms with van der Waals surface area (Å²) in [4.78, 5) is 28.1. The van der Waals surface area contributed by atoms with Crippen molar-refractivity contribution < 1.29 is 14.3 Å². The van der Waals surface area contributed by atoms with E-state index in [0.29, 0.717) is 34.8 Å². The second-order valence-electron chi connectivity index (χ2n) is 6.81. The van der Waals surface area contributed by atoms with E-state index in [1.165, 1.54) is 0 Å². The van der Waals surface area contributed by atoms with Gasteiger partial charge < -0.3 is 20.7 Å². The number of nitrogen functional groups attached to an aromatic ring is 1. The first-order valence-corrected chi connectivity index (χ1v) is 9.27. The van der Waals surface area contributed by atoms with Crippen molar-refractivity contribution in [2.75, 3.05) is 18.2 Å². The summed E-state index contributed by atoms with van der Waals surface area (Å²) in [6.07, 6.45) is 0. The maximum Gasteiger partial charge on any atom is 0.255 e. The fourth-order valence-electron chi connectivity index (χ4n) is 3.64. The fourth-order valence-corrected chi connectivity index (χ4v) is 3.64. The molecule has 0 bridgehead atoms. The maximum absolute atomic E-state index is 13.4. The Kier molecular flexibility index (Phi) is 4.91. The number of rotatable bonds is 5. The van der Waals surface area contributed by atoms with Crippen LogP contribution in [-0.4, -0.2) is 23.8 Å². The van der Waals surface area contributed by atoms with Crippen molar-refractivity contribution in [2.24, 2.45) is 0 Å². The lowest BCUT2D eigenvalue weighted by atomic mass is 10.0. The minimum atomic E-state index is -0.870. The third kappa shape index (κ3) is 3.40. The Morgan fingerprint density at radius 1 is 1.03 bits per heavy atom. The number of para-hydroxylation sites is 3. The fraction of sp³-hybridized carbons (Fsp3) is 0.130. The zero-order valence-electron chi connectivity index (χ0n) is 16.0. The molecule has 0 saturated carbocycles. The van der Waals surface area contributed by atoms with Crippen LogP contribution in [0.4, 0.5) is 11.4 Å². The van der Waals surface area contributed by atoms with Crippen LogP contribution < -0.4 is 15.8 Å². The molecule has 1 heterocycles. The van der Waals surface area contributed by atoms with Gasteiger partial charge in [0.15, 0.2) is 0 Å². The number of ether oxygens (including phenoxy) is 1. The van der Waals surface area contributed by atoms with Gasteiger partial charge in [0, 0.05) is 17.7 Å². The Hall–Kier alpha value is -3.80. The first-order chi connectivity index (χ1) is 14.1. The number of hydrogen-bond acceptors (Lipinski definition) is 4. The summed E-state index contributed by atoms with van der Waals surface area (Å²) in [6.45, 7) is 0.343. The van der Waals surface area contributed by atoms with Crippen LogP contribution in [0.3, 0.4) is 0 Å². The standard InChI is InChI=1S/C23H21N3O3/c1-29-20-13-7-4-10-17(20)21(22(27)25-19-12-6-5-11-18(19)24)26-14-15-8-2-3-9-16(15)23(26)28/h2-13,21H,14,24H2,1H3,(H,25,27). The van der Waals surface area contributed by atoms with Gasteiger partial charge in [-0.25, -0.2) is 0 Å². The predicted molar refractivity (Wildman–Crippen MR) is 112 cm³/mol. The molecule has 2 amide bonds. The van der Waals surface area contributed by atoms with E-state index < -0.39 is 6.04 Å². The normalized spacial score (nSPS) is 13.7. The number of amides is 2. The number of carbonyl (C=O) groups excluding carboxylic acids is 2. The van der Waals surface area contributed by atoms with E-state index in [2.05, 4.69) is 5.32 Å². The molecular weight excluding hydrogens is 366 g/mol. The Morgan fingerprint density at radius 3 is 2.48 bits per heavy atom. The molecule has 0 aromatic heterocycles. The molecular formula is C23H21N3O3. The molecule has 0 spiro atoms. The summed E-state index contributed by atoms with van der Waals surface area (Å²) in [5.41, 5.74) is 9.07. The molecule has 3 aromatic rings. The van der Waals surface area contributed by atoms with Crippen molar-refractivity contribution in [3.63, 3.8) is 0 Å². The van der Waals surface area contributed by atoms with Crippen molar-refractivity contribution in [3.8, 4) is 5.75 Å². The van der Waals surface area contributed by atoms with Crippen molar-refractivity contribution >= 4 is 23.2 Å². The number of hydrogen-bond donors (Lipinski definition) is 2. The number of nitrogens with two attached hydrogens (primary N) is 1. The van der Waals surface area contributed by atoms with Gasteiger partial charge in [-0.15, -0.1) is 0 Å². The van der Waals surface area contributed by atoms with Crippen molar-refractivity contribution in [1.29, 1.82) is 0 Å². The van der Waals surface area contributed by atoms with Gasteiger partial charge in [-0.1, -0.05) is 48.5 Å². The largest absolute Gasteiger partial charge is 0.496 e. The third-order valence-corrected chi connectivity index (χ3v) is 5.06. The topological polar surface area (TPSA) is 84.7 Å². The summed E-state index contributed by atoms with van der Waals surface area (Å²) in [5, 5.41) is 2.87. The summed E-state index contributed by atoms with van der Waals surface area (Å²) in [6, 6.07) is 20.8. The molecule has 29 heavy (non-hydrogen) atoms. The molecule has 0 saturated heterocycles. The highest BCUT2D eigenvalue weighted by molar-refractivity contribution is 6.04. The number of fused-ring (bicyclic) bond motifs is 1. The number of anilines is 2. The predicted octanol–water partition coefficient (Wildman–Crippen LogP) is 3.61. The summed E-state index contributed by atoms with van der Waals surface area (Å²) >= 11 is 0. The van der Waals surface area contributed by atoms with Crippen LogP contribution in [0.2, 0.25) is 0 Å². The van der Waals surface area contributed by atoms with Gasteiger partial charge in [-0.3, -0.25) is 9.59 Å². The Labute approximate surface area is 168 Å². The van der Waals surface area contributed by atoms with Gasteiger partial charge in [-0.05, 0) is 29.8 Å². The van der Waals surface area contributed by atoms with Crippen LogP contribution in [0.1, 0.15) is 27.5 Å². The molecule has 3 aromatic carbocycles. The number of carbonyl (C=O) groups is 2. The molecule has 0 radical (unpaired) electrons. The van der Waals surface area contributed by atoms with E-state index in [9.17, 15) is 9.59 Å². The molecule has 1 unspecified atom stereocenters. The van der Waals surface area contributed by atoms with E-state index in [1.807, 2.05) is 30.3 Å². The van der Waals surface area contributed by atoms with Gasteiger partial charge in [0.05, 0.1) is 18.5 Å². The molecule has 1 aliphatic rings. The smallest absolute Gasteiger partial charge is 0.255 e. The second kappa shape index (κ2) is 7.67. The van der Waals surface area contributed by atoms with Crippen molar-refractivity contribution in [1.82, 2.24) is 4.90 Å². The zero-order chi connectivity index (χ0) is 20.4. The van der Waals surface area contributed by atoms with Gasteiger partial charge in [-0.2, -0.15) is 0 Å². The highest BCUT2D eigenvalue weighted by atomic mass is 16.5. The van der Waals surface area contributed by atoms with Crippen LogP contribution in [-0.2, 0) is 11.3 Å².